The lowest BCUT2D eigenvalue weighted by atomic mass is 10.1. The van der Waals surface area contributed by atoms with E-state index >= 15 is 0 Å². The molecule has 1 amide bonds. The first-order chi connectivity index (χ1) is 12.6. The summed E-state index contributed by atoms with van der Waals surface area (Å²) in [6.07, 6.45) is 5.88. The number of aromatic nitrogens is 3. The van der Waals surface area contributed by atoms with Gasteiger partial charge in [0, 0.05) is 12.1 Å². The Hall–Kier alpha value is -2.21. The number of carbonyl (C=O) groups is 1. The SMILES string of the molecule is Cc1nn2c(C3CC3)c(C(=O)N[C@H]3CCc4ccccc43)cnc2c1Br. The Bertz CT molecular complexity index is 1040. The molecule has 1 atom stereocenters. The van der Waals surface area contributed by atoms with Crippen molar-refractivity contribution in [2.45, 2.75) is 44.6 Å². The molecule has 1 fully saturated rings. The summed E-state index contributed by atoms with van der Waals surface area (Å²) in [7, 11) is 0. The highest BCUT2D eigenvalue weighted by Crippen LogP contribution is 2.42. The number of fused-ring (bicyclic) bond motifs is 2. The molecule has 2 aliphatic rings. The fourth-order valence-corrected chi connectivity index (χ4v) is 4.30. The summed E-state index contributed by atoms with van der Waals surface area (Å²) >= 11 is 3.56. The van der Waals surface area contributed by atoms with Crippen molar-refractivity contribution in [3.63, 3.8) is 0 Å². The van der Waals surface area contributed by atoms with Crippen molar-refractivity contribution in [3.8, 4) is 0 Å². The Labute approximate surface area is 160 Å². The average molecular weight is 411 g/mol. The standard InChI is InChI=1S/C20H19BrN4O/c1-11-17(21)19-22-10-15(18(13-6-7-13)25(19)24-11)20(26)23-16-9-8-12-4-2-3-5-14(12)16/h2-5,10,13,16H,6-9H2,1H3,(H,23,26)/t16-/m0/s1. The number of hydrogen-bond acceptors (Lipinski definition) is 3. The van der Waals surface area contributed by atoms with Gasteiger partial charge < -0.3 is 5.32 Å². The van der Waals surface area contributed by atoms with Gasteiger partial charge in [0.15, 0.2) is 5.65 Å². The zero-order valence-electron chi connectivity index (χ0n) is 14.5. The van der Waals surface area contributed by atoms with E-state index in [4.69, 9.17) is 0 Å². The number of rotatable bonds is 3. The fourth-order valence-electron chi connectivity index (χ4n) is 3.95. The number of aryl methyl sites for hydroxylation is 2. The molecular formula is C20H19BrN4O. The van der Waals surface area contributed by atoms with Crippen LogP contribution >= 0.6 is 15.9 Å². The minimum Gasteiger partial charge on any atom is -0.345 e. The Morgan fingerprint density at radius 1 is 1.27 bits per heavy atom. The largest absolute Gasteiger partial charge is 0.345 e. The molecule has 26 heavy (non-hydrogen) atoms. The van der Waals surface area contributed by atoms with Crippen molar-refractivity contribution >= 4 is 27.5 Å². The van der Waals surface area contributed by atoms with Crippen molar-refractivity contribution in [2.24, 2.45) is 0 Å². The smallest absolute Gasteiger partial charge is 0.255 e. The molecule has 5 rings (SSSR count). The molecule has 2 aromatic heterocycles. The number of benzene rings is 1. The Morgan fingerprint density at radius 3 is 2.88 bits per heavy atom. The molecule has 0 radical (unpaired) electrons. The van der Waals surface area contributed by atoms with Crippen molar-refractivity contribution in [3.05, 3.63) is 63.0 Å². The molecule has 0 saturated heterocycles. The molecule has 0 aliphatic heterocycles. The second-order valence-electron chi connectivity index (χ2n) is 7.23. The van der Waals surface area contributed by atoms with E-state index in [1.807, 2.05) is 17.5 Å². The highest BCUT2D eigenvalue weighted by molar-refractivity contribution is 9.10. The van der Waals surface area contributed by atoms with Gasteiger partial charge >= 0.3 is 0 Å². The van der Waals surface area contributed by atoms with Gasteiger partial charge in [-0.2, -0.15) is 5.10 Å². The van der Waals surface area contributed by atoms with Crippen LogP contribution in [0.25, 0.3) is 5.65 Å². The third-order valence-electron chi connectivity index (χ3n) is 5.43. The second kappa shape index (κ2) is 5.91. The van der Waals surface area contributed by atoms with Gasteiger partial charge in [-0.3, -0.25) is 4.79 Å². The highest BCUT2D eigenvalue weighted by Gasteiger charge is 2.33. The van der Waals surface area contributed by atoms with Crippen LogP contribution in [0.15, 0.2) is 34.9 Å². The minimum absolute atomic E-state index is 0.0488. The number of amides is 1. The van der Waals surface area contributed by atoms with Gasteiger partial charge in [-0.05, 0) is 59.7 Å². The number of hydrogen-bond donors (Lipinski definition) is 1. The van der Waals surface area contributed by atoms with E-state index in [0.29, 0.717) is 11.5 Å². The first-order valence-electron chi connectivity index (χ1n) is 9.06. The molecule has 1 aromatic carbocycles. The molecule has 6 heteroatoms. The average Bonchev–Trinajstić information content (AvgIpc) is 3.35. The predicted octanol–water partition coefficient (Wildman–Crippen LogP) is 4.09. The predicted molar refractivity (Wildman–Crippen MR) is 102 cm³/mol. The summed E-state index contributed by atoms with van der Waals surface area (Å²) in [5, 5.41) is 7.84. The van der Waals surface area contributed by atoms with Crippen LogP contribution in [-0.4, -0.2) is 20.5 Å². The monoisotopic (exact) mass is 410 g/mol. The maximum Gasteiger partial charge on any atom is 0.255 e. The lowest BCUT2D eigenvalue weighted by molar-refractivity contribution is 0.0934. The summed E-state index contributed by atoms with van der Waals surface area (Å²) in [5.41, 5.74) is 5.89. The zero-order valence-corrected chi connectivity index (χ0v) is 16.1. The van der Waals surface area contributed by atoms with Gasteiger partial charge in [0.25, 0.3) is 5.91 Å². The first kappa shape index (κ1) is 16.0. The number of nitrogens with one attached hydrogen (secondary N) is 1. The summed E-state index contributed by atoms with van der Waals surface area (Å²) < 4.78 is 2.75. The van der Waals surface area contributed by atoms with Crippen LogP contribution in [-0.2, 0) is 6.42 Å². The summed E-state index contributed by atoms with van der Waals surface area (Å²) in [4.78, 5) is 17.6. The van der Waals surface area contributed by atoms with Crippen LogP contribution in [0.5, 0.6) is 0 Å². The number of nitrogens with zero attached hydrogens (tertiary/aromatic N) is 3. The molecular weight excluding hydrogens is 392 g/mol. The Kier molecular flexibility index (Phi) is 3.64. The van der Waals surface area contributed by atoms with Crippen LogP contribution in [0.1, 0.15) is 64.1 Å². The van der Waals surface area contributed by atoms with Gasteiger partial charge in [0.2, 0.25) is 0 Å². The molecule has 1 saturated carbocycles. The maximum atomic E-state index is 13.1. The molecule has 1 N–H and O–H groups in total. The van der Waals surface area contributed by atoms with Crippen molar-refractivity contribution in [2.75, 3.05) is 0 Å². The Morgan fingerprint density at radius 2 is 2.08 bits per heavy atom. The summed E-state index contributed by atoms with van der Waals surface area (Å²) in [6.45, 7) is 1.95. The van der Waals surface area contributed by atoms with Gasteiger partial charge in [-0.1, -0.05) is 24.3 Å². The van der Waals surface area contributed by atoms with Crippen LogP contribution < -0.4 is 5.32 Å². The molecule has 0 unspecified atom stereocenters. The molecule has 0 spiro atoms. The van der Waals surface area contributed by atoms with E-state index in [1.165, 1.54) is 11.1 Å². The van der Waals surface area contributed by atoms with Gasteiger partial charge in [0.1, 0.15) is 0 Å². The van der Waals surface area contributed by atoms with Gasteiger partial charge in [-0.25, -0.2) is 9.50 Å². The van der Waals surface area contributed by atoms with Crippen molar-refractivity contribution in [1.29, 1.82) is 0 Å². The summed E-state index contributed by atoms with van der Waals surface area (Å²) in [6, 6.07) is 8.44. The van der Waals surface area contributed by atoms with Crippen molar-refractivity contribution < 1.29 is 4.79 Å². The summed E-state index contributed by atoms with van der Waals surface area (Å²) in [5.74, 6) is 0.343. The topological polar surface area (TPSA) is 59.3 Å². The van der Waals surface area contributed by atoms with E-state index in [1.54, 1.807) is 6.20 Å². The van der Waals surface area contributed by atoms with Gasteiger partial charge in [-0.15, -0.1) is 0 Å². The maximum absolute atomic E-state index is 13.1. The van der Waals surface area contributed by atoms with Crippen LogP contribution in [0, 0.1) is 6.92 Å². The second-order valence-corrected chi connectivity index (χ2v) is 8.02. The lowest BCUT2D eigenvalue weighted by Gasteiger charge is -2.16. The third kappa shape index (κ3) is 2.47. The van der Waals surface area contributed by atoms with Gasteiger partial charge in [0.05, 0.1) is 27.5 Å². The molecule has 132 valence electrons. The van der Waals surface area contributed by atoms with E-state index in [0.717, 1.165) is 47.2 Å². The molecule has 3 aromatic rings. The van der Waals surface area contributed by atoms with Crippen LogP contribution in [0.4, 0.5) is 0 Å². The van der Waals surface area contributed by atoms with E-state index in [-0.39, 0.29) is 11.9 Å². The molecule has 0 bridgehead atoms. The van der Waals surface area contributed by atoms with Crippen LogP contribution in [0.2, 0.25) is 0 Å². The quantitative estimate of drug-likeness (QED) is 0.706. The third-order valence-corrected chi connectivity index (χ3v) is 6.36. The van der Waals surface area contributed by atoms with Crippen LogP contribution in [0.3, 0.4) is 0 Å². The normalized spacial score (nSPS) is 18.9. The first-order valence-corrected chi connectivity index (χ1v) is 9.85. The zero-order chi connectivity index (χ0) is 17.8. The molecule has 2 heterocycles. The number of carbonyl (C=O) groups excluding carboxylic acids is 1. The van der Waals surface area contributed by atoms with Crippen molar-refractivity contribution in [1.82, 2.24) is 19.9 Å². The highest BCUT2D eigenvalue weighted by atomic mass is 79.9. The molecule has 5 nitrogen and oxygen atoms in total. The van der Waals surface area contributed by atoms with E-state index < -0.39 is 0 Å². The Balaban J connectivity index is 1.53. The fraction of sp³-hybridized carbons (Fsp3) is 0.350. The van der Waals surface area contributed by atoms with E-state index in [9.17, 15) is 4.79 Å². The molecule has 2 aliphatic carbocycles. The minimum atomic E-state index is -0.0488. The number of halogens is 1. The van der Waals surface area contributed by atoms with E-state index in [2.05, 4.69) is 49.5 Å². The lowest BCUT2D eigenvalue weighted by Crippen LogP contribution is -2.29.